The summed E-state index contributed by atoms with van der Waals surface area (Å²) in [7, 11) is -2.81. The van der Waals surface area contributed by atoms with Crippen molar-refractivity contribution in [3.05, 3.63) is 35.2 Å². The van der Waals surface area contributed by atoms with E-state index in [1.165, 1.54) is 10.1 Å². The van der Waals surface area contributed by atoms with Crippen molar-refractivity contribution in [2.45, 2.75) is 18.9 Å². The van der Waals surface area contributed by atoms with E-state index in [0.29, 0.717) is 11.5 Å². The van der Waals surface area contributed by atoms with Gasteiger partial charge in [-0.3, -0.25) is 0 Å². The second-order valence-electron chi connectivity index (χ2n) is 5.30. The highest BCUT2D eigenvalue weighted by Gasteiger charge is 2.29. The average Bonchev–Trinajstić information content (AvgIpc) is 2.94. The molecule has 0 spiro atoms. The van der Waals surface area contributed by atoms with Gasteiger partial charge in [-0.25, -0.2) is 8.42 Å². The molecule has 1 fully saturated rings. The lowest BCUT2D eigenvalue weighted by Crippen LogP contribution is -2.16. The SMILES string of the molecule is NC(CC1CCS(=O)(=O)C1)c1cccc2ccsc12. The van der Waals surface area contributed by atoms with Crippen molar-refractivity contribution in [2.24, 2.45) is 11.7 Å². The van der Waals surface area contributed by atoms with Gasteiger partial charge in [0.15, 0.2) is 9.84 Å². The van der Waals surface area contributed by atoms with E-state index < -0.39 is 9.84 Å². The molecule has 2 atom stereocenters. The lowest BCUT2D eigenvalue weighted by Gasteiger charge is -2.16. The average molecular weight is 295 g/mol. The quantitative estimate of drug-likeness (QED) is 0.947. The van der Waals surface area contributed by atoms with E-state index in [9.17, 15) is 8.42 Å². The summed E-state index contributed by atoms with van der Waals surface area (Å²) in [6, 6.07) is 8.20. The summed E-state index contributed by atoms with van der Waals surface area (Å²) >= 11 is 1.70. The molecule has 0 aliphatic carbocycles. The van der Waals surface area contributed by atoms with Gasteiger partial charge in [0.2, 0.25) is 0 Å². The van der Waals surface area contributed by atoms with Gasteiger partial charge >= 0.3 is 0 Å². The Kier molecular flexibility index (Phi) is 3.37. The molecule has 2 heterocycles. The molecular formula is C14H17NO2S2. The zero-order valence-electron chi connectivity index (χ0n) is 10.6. The third kappa shape index (κ3) is 2.68. The van der Waals surface area contributed by atoms with E-state index in [1.54, 1.807) is 11.3 Å². The predicted molar refractivity (Wildman–Crippen MR) is 80.1 cm³/mol. The lowest BCUT2D eigenvalue weighted by molar-refractivity contribution is 0.483. The third-order valence-electron chi connectivity index (χ3n) is 3.82. The molecule has 0 bridgehead atoms. The van der Waals surface area contributed by atoms with Crippen LogP contribution >= 0.6 is 11.3 Å². The zero-order valence-corrected chi connectivity index (χ0v) is 12.2. The van der Waals surface area contributed by atoms with E-state index in [4.69, 9.17) is 5.73 Å². The fraction of sp³-hybridized carbons (Fsp3) is 0.429. The van der Waals surface area contributed by atoms with E-state index in [0.717, 1.165) is 18.4 Å². The standard InChI is InChI=1S/C14H17NO2S2/c15-13(8-10-5-7-19(16,17)9-10)12-3-1-2-11-4-6-18-14(11)12/h1-4,6,10,13H,5,7-9,15H2. The summed E-state index contributed by atoms with van der Waals surface area (Å²) in [4.78, 5) is 0. The van der Waals surface area contributed by atoms with Gasteiger partial charge in [-0.2, -0.15) is 0 Å². The summed E-state index contributed by atoms with van der Waals surface area (Å²) in [6.45, 7) is 0. The molecule has 0 amide bonds. The van der Waals surface area contributed by atoms with Crippen LogP contribution in [-0.2, 0) is 9.84 Å². The highest BCUT2D eigenvalue weighted by Crippen LogP contribution is 2.33. The van der Waals surface area contributed by atoms with Crippen LogP contribution in [0.3, 0.4) is 0 Å². The Hall–Kier alpha value is -0.910. The Bertz CT molecular complexity index is 690. The summed E-state index contributed by atoms with van der Waals surface area (Å²) in [5.74, 6) is 0.851. The molecule has 1 aromatic carbocycles. The number of sulfone groups is 1. The third-order valence-corrected chi connectivity index (χ3v) is 6.64. The van der Waals surface area contributed by atoms with E-state index in [1.807, 2.05) is 6.07 Å². The highest BCUT2D eigenvalue weighted by molar-refractivity contribution is 7.91. The lowest BCUT2D eigenvalue weighted by atomic mass is 9.94. The van der Waals surface area contributed by atoms with Crippen LogP contribution in [0.1, 0.15) is 24.4 Å². The maximum Gasteiger partial charge on any atom is 0.150 e. The van der Waals surface area contributed by atoms with Gasteiger partial charge < -0.3 is 5.73 Å². The van der Waals surface area contributed by atoms with Crippen LogP contribution in [0.4, 0.5) is 0 Å². The maximum absolute atomic E-state index is 11.5. The molecule has 5 heteroatoms. The normalized spacial score (nSPS) is 23.7. The molecule has 3 nitrogen and oxygen atoms in total. The van der Waals surface area contributed by atoms with Crippen LogP contribution < -0.4 is 5.73 Å². The second kappa shape index (κ2) is 4.89. The molecule has 2 unspecified atom stereocenters. The first-order valence-electron chi connectivity index (χ1n) is 6.47. The van der Waals surface area contributed by atoms with Gasteiger partial charge in [-0.05, 0) is 41.2 Å². The number of nitrogens with two attached hydrogens (primary N) is 1. The van der Waals surface area contributed by atoms with Crippen LogP contribution in [0.2, 0.25) is 0 Å². The molecule has 0 radical (unpaired) electrons. The number of thiophene rings is 1. The van der Waals surface area contributed by atoms with Crippen molar-refractivity contribution in [1.29, 1.82) is 0 Å². The van der Waals surface area contributed by atoms with Crippen LogP contribution in [0, 0.1) is 5.92 Å². The first-order valence-corrected chi connectivity index (χ1v) is 9.17. The van der Waals surface area contributed by atoms with Crippen LogP contribution in [0.25, 0.3) is 10.1 Å². The Morgan fingerprint density at radius 3 is 2.95 bits per heavy atom. The molecule has 1 aliphatic heterocycles. The number of hydrogen-bond acceptors (Lipinski definition) is 4. The van der Waals surface area contributed by atoms with E-state index in [-0.39, 0.29) is 12.0 Å². The molecule has 19 heavy (non-hydrogen) atoms. The summed E-state index contributed by atoms with van der Waals surface area (Å²) < 4.78 is 24.2. The Balaban J connectivity index is 1.81. The summed E-state index contributed by atoms with van der Waals surface area (Å²) in [6.07, 6.45) is 1.52. The fourth-order valence-corrected chi connectivity index (χ4v) is 5.71. The van der Waals surface area contributed by atoms with Gasteiger partial charge in [0.1, 0.15) is 0 Å². The van der Waals surface area contributed by atoms with Gasteiger partial charge in [0.05, 0.1) is 11.5 Å². The number of rotatable bonds is 3. The van der Waals surface area contributed by atoms with Crippen molar-refractivity contribution in [2.75, 3.05) is 11.5 Å². The first kappa shape index (κ1) is 13.1. The second-order valence-corrected chi connectivity index (χ2v) is 8.44. The van der Waals surface area contributed by atoms with Crippen molar-refractivity contribution < 1.29 is 8.42 Å². The van der Waals surface area contributed by atoms with Gasteiger partial charge in [-0.15, -0.1) is 11.3 Å². The molecule has 3 rings (SSSR count). The summed E-state index contributed by atoms with van der Waals surface area (Å²) in [5, 5.41) is 3.29. The van der Waals surface area contributed by atoms with Crippen LogP contribution in [0.15, 0.2) is 29.6 Å². The van der Waals surface area contributed by atoms with Gasteiger partial charge in [0, 0.05) is 10.7 Å². The Morgan fingerprint density at radius 2 is 2.21 bits per heavy atom. The van der Waals surface area contributed by atoms with Crippen molar-refractivity contribution in [1.82, 2.24) is 0 Å². The molecule has 1 aromatic heterocycles. The van der Waals surface area contributed by atoms with Crippen molar-refractivity contribution >= 4 is 31.3 Å². The number of hydrogen-bond donors (Lipinski definition) is 1. The topological polar surface area (TPSA) is 60.2 Å². The van der Waals surface area contributed by atoms with Crippen molar-refractivity contribution in [3.8, 4) is 0 Å². The minimum atomic E-state index is -2.81. The van der Waals surface area contributed by atoms with E-state index in [2.05, 4.69) is 23.6 Å². The molecule has 2 aromatic rings. The smallest absolute Gasteiger partial charge is 0.150 e. The monoisotopic (exact) mass is 295 g/mol. The zero-order chi connectivity index (χ0) is 13.5. The summed E-state index contributed by atoms with van der Waals surface area (Å²) in [5.41, 5.74) is 7.45. The highest BCUT2D eigenvalue weighted by atomic mass is 32.2. The maximum atomic E-state index is 11.5. The van der Waals surface area contributed by atoms with Crippen molar-refractivity contribution in [3.63, 3.8) is 0 Å². The van der Waals surface area contributed by atoms with E-state index >= 15 is 0 Å². The number of benzene rings is 1. The predicted octanol–water partition coefficient (Wildman–Crippen LogP) is 2.73. The molecule has 0 saturated carbocycles. The number of fused-ring (bicyclic) bond motifs is 1. The minimum Gasteiger partial charge on any atom is -0.324 e. The first-order chi connectivity index (χ1) is 9.05. The Labute approximate surface area is 117 Å². The Morgan fingerprint density at radius 1 is 1.37 bits per heavy atom. The fourth-order valence-electron chi connectivity index (χ4n) is 2.85. The largest absolute Gasteiger partial charge is 0.324 e. The van der Waals surface area contributed by atoms with Gasteiger partial charge in [0.25, 0.3) is 0 Å². The van der Waals surface area contributed by atoms with Crippen LogP contribution in [-0.4, -0.2) is 19.9 Å². The molecule has 2 N–H and O–H groups in total. The van der Waals surface area contributed by atoms with Gasteiger partial charge in [-0.1, -0.05) is 18.2 Å². The molecule has 1 saturated heterocycles. The molecular weight excluding hydrogens is 278 g/mol. The van der Waals surface area contributed by atoms with Crippen LogP contribution in [0.5, 0.6) is 0 Å². The minimum absolute atomic E-state index is 0.0688. The molecule has 1 aliphatic rings. The molecule has 102 valence electrons.